The summed E-state index contributed by atoms with van der Waals surface area (Å²) in [6, 6.07) is 6.22. The largest absolute Gasteiger partial charge is 0.482 e. The first kappa shape index (κ1) is 14.4. The van der Waals surface area contributed by atoms with Gasteiger partial charge in [0.05, 0.1) is 5.69 Å². The van der Waals surface area contributed by atoms with E-state index >= 15 is 0 Å². The van der Waals surface area contributed by atoms with E-state index in [2.05, 4.69) is 22.3 Å². The molecule has 3 rings (SSSR count). The average Bonchev–Trinajstić information content (AvgIpc) is 2.53. The number of anilines is 1. The molecule has 0 aliphatic carbocycles. The predicted octanol–water partition coefficient (Wildman–Crippen LogP) is 0.880. The van der Waals surface area contributed by atoms with Gasteiger partial charge in [-0.05, 0) is 31.0 Å². The number of likely N-dealkylation sites (N-methyl/N-ethyl adjacent to an activating group) is 1. The number of rotatable bonds is 4. The Kier molecular flexibility index (Phi) is 4.41. The van der Waals surface area contributed by atoms with Gasteiger partial charge in [-0.3, -0.25) is 4.79 Å². The summed E-state index contributed by atoms with van der Waals surface area (Å²) in [5.41, 5.74) is 2.19. The Morgan fingerprint density at radius 3 is 2.86 bits per heavy atom. The summed E-state index contributed by atoms with van der Waals surface area (Å²) >= 11 is 0. The van der Waals surface area contributed by atoms with Crippen LogP contribution in [0.15, 0.2) is 18.2 Å². The molecule has 5 heteroatoms. The number of piperazine rings is 1. The molecule has 1 amide bonds. The van der Waals surface area contributed by atoms with Crippen LogP contribution < -0.4 is 15.0 Å². The van der Waals surface area contributed by atoms with Gasteiger partial charge in [0.2, 0.25) is 0 Å². The van der Waals surface area contributed by atoms with Gasteiger partial charge in [-0.25, -0.2) is 0 Å². The number of ether oxygens (including phenoxy) is 1. The Balaban J connectivity index is 1.69. The Morgan fingerprint density at radius 1 is 1.29 bits per heavy atom. The summed E-state index contributed by atoms with van der Waals surface area (Å²) in [6.45, 7) is 8.31. The van der Waals surface area contributed by atoms with Crippen LogP contribution in [0, 0.1) is 0 Å². The van der Waals surface area contributed by atoms with Crippen molar-refractivity contribution >= 4 is 11.6 Å². The van der Waals surface area contributed by atoms with Crippen LogP contribution in [0.5, 0.6) is 5.75 Å². The fourth-order valence-electron chi connectivity index (χ4n) is 2.97. The lowest BCUT2D eigenvalue weighted by Gasteiger charge is -2.29. The number of hydrogen-bond acceptors (Lipinski definition) is 4. The highest BCUT2D eigenvalue weighted by molar-refractivity contribution is 5.97. The van der Waals surface area contributed by atoms with E-state index in [1.54, 1.807) is 0 Å². The van der Waals surface area contributed by atoms with Crippen LogP contribution in [0.4, 0.5) is 5.69 Å². The maximum atomic E-state index is 11.9. The smallest absolute Gasteiger partial charge is 0.265 e. The van der Waals surface area contributed by atoms with Gasteiger partial charge in [0.1, 0.15) is 5.75 Å². The molecule has 2 aliphatic heterocycles. The monoisotopic (exact) mass is 289 g/mol. The third-order valence-electron chi connectivity index (χ3n) is 4.21. The molecule has 0 unspecified atom stereocenters. The Bertz CT molecular complexity index is 512. The van der Waals surface area contributed by atoms with Crippen molar-refractivity contribution in [1.82, 2.24) is 10.2 Å². The van der Waals surface area contributed by atoms with E-state index in [9.17, 15) is 4.79 Å². The van der Waals surface area contributed by atoms with Crippen LogP contribution >= 0.6 is 0 Å². The van der Waals surface area contributed by atoms with Gasteiger partial charge in [0.15, 0.2) is 6.61 Å². The fourth-order valence-corrected chi connectivity index (χ4v) is 2.97. The Labute approximate surface area is 125 Å². The summed E-state index contributed by atoms with van der Waals surface area (Å²) in [5.74, 6) is 0.867. The predicted molar refractivity (Wildman–Crippen MR) is 83.0 cm³/mol. The standard InChI is InChI=1S/C16H23N3O2/c1-2-19-14-11-13(3-4-15(14)21-12-16(19)20)5-8-18-9-6-17-7-10-18/h3-4,11,17H,2,5-10,12H2,1H3. The SMILES string of the molecule is CCN1C(=O)COc2ccc(CCN3CCNCC3)cc21. The fraction of sp³-hybridized carbons (Fsp3) is 0.562. The zero-order chi connectivity index (χ0) is 14.7. The molecule has 0 aromatic heterocycles. The third-order valence-corrected chi connectivity index (χ3v) is 4.21. The number of amides is 1. The lowest BCUT2D eigenvalue weighted by atomic mass is 10.1. The van der Waals surface area contributed by atoms with Crippen LogP contribution in [0.25, 0.3) is 0 Å². The van der Waals surface area contributed by atoms with Crippen molar-refractivity contribution < 1.29 is 9.53 Å². The van der Waals surface area contributed by atoms with Crippen LogP contribution in [-0.2, 0) is 11.2 Å². The number of benzene rings is 1. The summed E-state index contributed by atoms with van der Waals surface area (Å²) in [4.78, 5) is 16.2. The minimum Gasteiger partial charge on any atom is -0.482 e. The van der Waals surface area contributed by atoms with E-state index in [0.29, 0.717) is 6.54 Å². The molecule has 0 bridgehead atoms. The van der Waals surface area contributed by atoms with Gasteiger partial charge in [0, 0.05) is 39.3 Å². The summed E-state index contributed by atoms with van der Waals surface area (Å²) < 4.78 is 5.51. The Morgan fingerprint density at radius 2 is 2.10 bits per heavy atom. The molecule has 0 radical (unpaired) electrons. The number of nitrogens with zero attached hydrogens (tertiary/aromatic N) is 2. The maximum absolute atomic E-state index is 11.9. The molecule has 1 aromatic rings. The highest BCUT2D eigenvalue weighted by atomic mass is 16.5. The topological polar surface area (TPSA) is 44.8 Å². The van der Waals surface area contributed by atoms with Crippen LogP contribution in [0.1, 0.15) is 12.5 Å². The minimum absolute atomic E-state index is 0.0456. The van der Waals surface area contributed by atoms with Crippen molar-refractivity contribution in [2.45, 2.75) is 13.3 Å². The van der Waals surface area contributed by atoms with E-state index in [1.807, 2.05) is 17.9 Å². The zero-order valence-corrected chi connectivity index (χ0v) is 12.6. The number of carbonyl (C=O) groups excluding carboxylic acids is 1. The second-order valence-electron chi connectivity index (χ2n) is 5.57. The lowest BCUT2D eigenvalue weighted by molar-refractivity contribution is -0.121. The molecule has 1 fully saturated rings. The van der Waals surface area contributed by atoms with Crippen molar-refractivity contribution in [3.05, 3.63) is 23.8 Å². The molecule has 114 valence electrons. The van der Waals surface area contributed by atoms with Gasteiger partial charge in [-0.15, -0.1) is 0 Å². The van der Waals surface area contributed by atoms with Crippen molar-refractivity contribution in [2.75, 3.05) is 50.8 Å². The van der Waals surface area contributed by atoms with E-state index in [4.69, 9.17) is 4.74 Å². The van der Waals surface area contributed by atoms with Crippen molar-refractivity contribution in [3.8, 4) is 5.75 Å². The van der Waals surface area contributed by atoms with Gasteiger partial charge >= 0.3 is 0 Å². The molecule has 0 saturated carbocycles. The van der Waals surface area contributed by atoms with Crippen molar-refractivity contribution in [1.29, 1.82) is 0 Å². The van der Waals surface area contributed by atoms with Gasteiger partial charge in [-0.2, -0.15) is 0 Å². The number of carbonyl (C=O) groups is 1. The molecular weight excluding hydrogens is 266 g/mol. The molecule has 0 spiro atoms. The molecule has 1 aromatic carbocycles. The quantitative estimate of drug-likeness (QED) is 0.894. The van der Waals surface area contributed by atoms with Crippen LogP contribution in [0.3, 0.4) is 0 Å². The molecule has 0 atom stereocenters. The minimum atomic E-state index is 0.0456. The van der Waals surface area contributed by atoms with Crippen LogP contribution in [0.2, 0.25) is 0 Å². The number of nitrogens with one attached hydrogen (secondary N) is 1. The van der Waals surface area contributed by atoms with Gasteiger partial charge in [-0.1, -0.05) is 6.07 Å². The number of hydrogen-bond donors (Lipinski definition) is 1. The first-order chi connectivity index (χ1) is 10.3. The van der Waals surface area contributed by atoms with E-state index in [1.165, 1.54) is 5.56 Å². The molecule has 1 saturated heterocycles. The Hall–Kier alpha value is -1.59. The van der Waals surface area contributed by atoms with Crippen molar-refractivity contribution in [2.24, 2.45) is 0 Å². The summed E-state index contributed by atoms with van der Waals surface area (Å²) in [6.07, 6.45) is 1.01. The van der Waals surface area contributed by atoms with E-state index in [0.717, 1.165) is 50.6 Å². The first-order valence-corrected chi connectivity index (χ1v) is 7.77. The van der Waals surface area contributed by atoms with Crippen molar-refractivity contribution in [3.63, 3.8) is 0 Å². The highest BCUT2D eigenvalue weighted by Gasteiger charge is 2.24. The molecule has 1 N–H and O–H groups in total. The first-order valence-electron chi connectivity index (χ1n) is 7.77. The second kappa shape index (κ2) is 6.45. The summed E-state index contributed by atoms with van der Waals surface area (Å²) in [5, 5.41) is 3.37. The van der Waals surface area contributed by atoms with Gasteiger partial charge < -0.3 is 19.9 Å². The third kappa shape index (κ3) is 3.19. The molecular formula is C16H23N3O2. The highest BCUT2D eigenvalue weighted by Crippen LogP contribution is 2.32. The molecule has 21 heavy (non-hydrogen) atoms. The molecule has 5 nitrogen and oxygen atoms in total. The molecule has 2 aliphatic rings. The normalized spacial score (nSPS) is 19.3. The lowest BCUT2D eigenvalue weighted by Crippen LogP contribution is -2.44. The number of fused-ring (bicyclic) bond motifs is 1. The zero-order valence-electron chi connectivity index (χ0n) is 12.6. The average molecular weight is 289 g/mol. The molecule has 2 heterocycles. The van der Waals surface area contributed by atoms with Crippen LogP contribution in [-0.4, -0.2) is 56.7 Å². The van der Waals surface area contributed by atoms with Gasteiger partial charge in [0.25, 0.3) is 5.91 Å². The van der Waals surface area contributed by atoms with E-state index in [-0.39, 0.29) is 12.5 Å². The maximum Gasteiger partial charge on any atom is 0.265 e. The summed E-state index contributed by atoms with van der Waals surface area (Å²) in [7, 11) is 0. The second-order valence-corrected chi connectivity index (χ2v) is 5.57. The van der Waals surface area contributed by atoms with E-state index < -0.39 is 0 Å².